The number of aryl methyl sites for hydroxylation is 1. The minimum atomic E-state index is -0.424. The van der Waals surface area contributed by atoms with Crippen molar-refractivity contribution in [3.63, 3.8) is 0 Å². The van der Waals surface area contributed by atoms with Crippen LogP contribution in [0.3, 0.4) is 0 Å². The highest BCUT2D eigenvalue weighted by Crippen LogP contribution is 2.23. The fraction of sp³-hybridized carbons (Fsp3) is 0.435. The van der Waals surface area contributed by atoms with Gasteiger partial charge in [-0.25, -0.2) is 4.98 Å². The maximum atomic E-state index is 12.8. The summed E-state index contributed by atoms with van der Waals surface area (Å²) < 4.78 is 5.98. The minimum Gasteiger partial charge on any atom is -0.361 e. The molecule has 3 aromatic rings. The van der Waals surface area contributed by atoms with Crippen LogP contribution >= 0.6 is 11.3 Å². The molecule has 0 bridgehead atoms. The first-order chi connectivity index (χ1) is 15.9. The van der Waals surface area contributed by atoms with Crippen LogP contribution in [-0.4, -0.2) is 52.4 Å². The van der Waals surface area contributed by atoms with E-state index in [-0.39, 0.29) is 36.7 Å². The topological polar surface area (TPSA) is 117 Å². The molecular weight excluding hydrogens is 442 g/mol. The van der Waals surface area contributed by atoms with Gasteiger partial charge in [-0.15, -0.1) is 11.3 Å². The Morgan fingerprint density at radius 2 is 2.09 bits per heavy atom. The molecule has 0 radical (unpaired) electrons. The number of carbonyl (C=O) groups is 3. The van der Waals surface area contributed by atoms with Crippen molar-refractivity contribution in [1.29, 1.82) is 0 Å². The van der Waals surface area contributed by atoms with Crippen molar-refractivity contribution in [1.82, 2.24) is 25.7 Å². The summed E-state index contributed by atoms with van der Waals surface area (Å²) in [5.74, 6) is -0.273. The van der Waals surface area contributed by atoms with Crippen molar-refractivity contribution in [2.24, 2.45) is 5.92 Å². The molecule has 4 rings (SSSR count). The standard InChI is InChI=1S/C23H27N5O4S/c1-14-10-17(27-32-14)12-24-21(30)15-6-5-7-16(13-28(2)20(29)11-15)25-22(31)23-26-18-8-3-4-9-19(18)33-23/h3-4,8-10,15-16H,5-7,11-13H2,1-2H3,(H,24,30)(H,25,31). The van der Waals surface area contributed by atoms with Crippen molar-refractivity contribution in [2.75, 3.05) is 13.6 Å². The van der Waals surface area contributed by atoms with Gasteiger partial charge in [0.2, 0.25) is 11.8 Å². The summed E-state index contributed by atoms with van der Waals surface area (Å²) in [5.41, 5.74) is 1.44. The molecule has 1 aromatic carbocycles. The number of para-hydroxylation sites is 1. The van der Waals surface area contributed by atoms with E-state index in [9.17, 15) is 14.4 Å². The van der Waals surface area contributed by atoms with Gasteiger partial charge < -0.3 is 20.1 Å². The van der Waals surface area contributed by atoms with Gasteiger partial charge in [0.05, 0.1) is 16.8 Å². The van der Waals surface area contributed by atoms with Crippen LogP contribution in [0.5, 0.6) is 0 Å². The average molecular weight is 470 g/mol. The Hall–Kier alpha value is -3.27. The number of hydrogen-bond donors (Lipinski definition) is 2. The normalized spacial score (nSPS) is 19.6. The van der Waals surface area contributed by atoms with Crippen molar-refractivity contribution in [2.45, 2.75) is 45.2 Å². The summed E-state index contributed by atoms with van der Waals surface area (Å²) in [7, 11) is 1.71. The van der Waals surface area contributed by atoms with E-state index in [1.165, 1.54) is 11.3 Å². The van der Waals surface area contributed by atoms with E-state index in [2.05, 4.69) is 20.8 Å². The molecule has 2 atom stereocenters. The molecule has 10 heteroatoms. The summed E-state index contributed by atoms with van der Waals surface area (Å²) in [6, 6.07) is 9.18. The predicted octanol–water partition coefficient (Wildman–Crippen LogP) is 2.66. The number of amides is 3. The van der Waals surface area contributed by atoms with Crippen molar-refractivity contribution < 1.29 is 18.9 Å². The number of hydrogen-bond acceptors (Lipinski definition) is 7. The molecule has 1 aliphatic heterocycles. The fourth-order valence-corrected chi connectivity index (χ4v) is 4.85. The van der Waals surface area contributed by atoms with Crippen molar-refractivity contribution in [3.8, 4) is 0 Å². The second-order valence-corrected chi connectivity index (χ2v) is 9.44. The number of carbonyl (C=O) groups excluding carboxylic acids is 3. The van der Waals surface area contributed by atoms with Crippen LogP contribution in [0, 0.1) is 12.8 Å². The van der Waals surface area contributed by atoms with Crippen LogP contribution in [0.2, 0.25) is 0 Å². The monoisotopic (exact) mass is 469 g/mol. The lowest BCUT2D eigenvalue weighted by molar-refractivity contribution is -0.135. The van der Waals surface area contributed by atoms with Gasteiger partial charge in [0, 0.05) is 38.0 Å². The molecule has 2 aromatic heterocycles. The van der Waals surface area contributed by atoms with Gasteiger partial charge in [-0.3, -0.25) is 14.4 Å². The van der Waals surface area contributed by atoms with E-state index in [4.69, 9.17) is 4.52 Å². The summed E-state index contributed by atoms with van der Waals surface area (Å²) in [6.07, 6.45) is 2.09. The van der Waals surface area contributed by atoms with E-state index in [0.717, 1.165) is 10.2 Å². The number of fused-ring (bicyclic) bond motifs is 1. The molecule has 1 aliphatic rings. The van der Waals surface area contributed by atoms with E-state index in [0.29, 0.717) is 42.3 Å². The molecule has 3 heterocycles. The number of benzene rings is 1. The first kappa shape index (κ1) is 22.9. The number of nitrogens with one attached hydrogen (secondary N) is 2. The molecule has 2 N–H and O–H groups in total. The second-order valence-electron chi connectivity index (χ2n) is 8.41. The van der Waals surface area contributed by atoms with Gasteiger partial charge in [-0.2, -0.15) is 0 Å². The molecular formula is C23H27N5O4S. The zero-order valence-electron chi connectivity index (χ0n) is 18.7. The molecule has 1 saturated heterocycles. The highest BCUT2D eigenvalue weighted by atomic mass is 32.1. The molecule has 3 amide bonds. The SMILES string of the molecule is Cc1cc(CNC(=O)C2CCCC(NC(=O)c3nc4ccccc4s3)CN(C)C(=O)C2)no1. The Labute approximate surface area is 195 Å². The zero-order chi connectivity index (χ0) is 23.4. The molecule has 174 valence electrons. The van der Waals surface area contributed by atoms with E-state index in [1.807, 2.05) is 24.3 Å². The lowest BCUT2D eigenvalue weighted by Crippen LogP contribution is -2.44. The Bertz CT molecular complexity index is 1120. The van der Waals surface area contributed by atoms with Crippen LogP contribution in [0.25, 0.3) is 10.2 Å². The number of thiazole rings is 1. The second kappa shape index (κ2) is 10.1. The van der Waals surface area contributed by atoms with Gasteiger partial charge >= 0.3 is 0 Å². The molecule has 0 aliphatic carbocycles. The van der Waals surface area contributed by atoms with Gasteiger partial charge in [0.1, 0.15) is 11.5 Å². The molecule has 0 spiro atoms. The van der Waals surface area contributed by atoms with Gasteiger partial charge in [-0.05, 0) is 31.9 Å². The van der Waals surface area contributed by atoms with Gasteiger partial charge in [0.15, 0.2) is 5.01 Å². The van der Waals surface area contributed by atoms with Crippen LogP contribution in [0.15, 0.2) is 34.9 Å². The highest BCUT2D eigenvalue weighted by Gasteiger charge is 2.28. The summed E-state index contributed by atoms with van der Waals surface area (Å²) in [5, 5.41) is 10.2. The summed E-state index contributed by atoms with van der Waals surface area (Å²) >= 11 is 1.35. The molecule has 1 fully saturated rings. The Balaban J connectivity index is 1.36. The van der Waals surface area contributed by atoms with Crippen LogP contribution < -0.4 is 10.6 Å². The van der Waals surface area contributed by atoms with Crippen molar-refractivity contribution in [3.05, 3.63) is 46.8 Å². The third-order valence-electron chi connectivity index (χ3n) is 5.76. The molecule has 33 heavy (non-hydrogen) atoms. The van der Waals surface area contributed by atoms with Gasteiger partial charge in [-0.1, -0.05) is 23.7 Å². The lowest BCUT2D eigenvalue weighted by Gasteiger charge is -2.24. The van der Waals surface area contributed by atoms with Crippen molar-refractivity contribution >= 4 is 39.3 Å². The first-order valence-electron chi connectivity index (χ1n) is 11.0. The number of likely N-dealkylation sites (N-methyl/N-ethyl adjacent to an activating group) is 1. The van der Waals surface area contributed by atoms with Crippen LogP contribution in [0.4, 0.5) is 0 Å². The number of aromatic nitrogens is 2. The Morgan fingerprint density at radius 1 is 1.27 bits per heavy atom. The number of rotatable bonds is 5. The summed E-state index contributed by atoms with van der Waals surface area (Å²) in [6.45, 7) is 2.44. The third kappa shape index (κ3) is 5.75. The number of nitrogens with zero attached hydrogens (tertiary/aromatic N) is 3. The maximum Gasteiger partial charge on any atom is 0.280 e. The Kier molecular flexibility index (Phi) is 7.02. The van der Waals surface area contributed by atoms with E-state index in [1.54, 1.807) is 24.9 Å². The third-order valence-corrected chi connectivity index (χ3v) is 6.80. The van der Waals surface area contributed by atoms with E-state index < -0.39 is 5.92 Å². The fourth-order valence-electron chi connectivity index (χ4n) is 3.98. The van der Waals surface area contributed by atoms with Crippen LogP contribution in [-0.2, 0) is 16.1 Å². The predicted molar refractivity (Wildman–Crippen MR) is 124 cm³/mol. The molecule has 2 unspecified atom stereocenters. The lowest BCUT2D eigenvalue weighted by atomic mass is 9.96. The van der Waals surface area contributed by atoms with Gasteiger partial charge in [0.25, 0.3) is 5.91 Å². The minimum absolute atomic E-state index is 0.117. The Morgan fingerprint density at radius 3 is 2.85 bits per heavy atom. The molecule has 9 nitrogen and oxygen atoms in total. The quantitative estimate of drug-likeness (QED) is 0.593. The molecule has 0 saturated carbocycles. The first-order valence-corrected chi connectivity index (χ1v) is 11.8. The van der Waals surface area contributed by atoms with E-state index >= 15 is 0 Å². The smallest absolute Gasteiger partial charge is 0.280 e. The maximum absolute atomic E-state index is 12.8. The zero-order valence-corrected chi connectivity index (χ0v) is 19.5. The average Bonchev–Trinajstić information content (AvgIpc) is 3.42. The highest BCUT2D eigenvalue weighted by molar-refractivity contribution is 7.20. The van der Waals surface area contributed by atoms with Crippen LogP contribution in [0.1, 0.15) is 46.9 Å². The largest absolute Gasteiger partial charge is 0.361 e. The summed E-state index contributed by atoms with van der Waals surface area (Å²) in [4.78, 5) is 44.3.